The number of aromatic nitrogens is 3. The van der Waals surface area contributed by atoms with E-state index in [1.54, 1.807) is 4.90 Å². The molecule has 2 aromatic heterocycles. The van der Waals surface area contributed by atoms with Crippen molar-refractivity contribution in [3.63, 3.8) is 0 Å². The van der Waals surface area contributed by atoms with Gasteiger partial charge in [0.15, 0.2) is 5.13 Å². The van der Waals surface area contributed by atoms with E-state index in [2.05, 4.69) is 21.0 Å². The molecule has 0 aliphatic heterocycles. The van der Waals surface area contributed by atoms with Crippen molar-refractivity contribution in [3.8, 4) is 0 Å². The summed E-state index contributed by atoms with van der Waals surface area (Å²) in [6, 6.07) is 13.2. The zero-order valence-corrected chi connectivity index (χ0v) is 20.0. The molecule has 0 saturated heterocycles. The molecule has 0 unspecified atom stereocenters. The van der Waals surface area contributed by atoms with E-state index in [0.29, 0.717) is 28.8 Å². The maximum absolute atomic E-state index is 13.4. The van der Waals surface area contributed by atoms with Gasteiger partial charge in [0.2, 0.25) is 0 Å². The number of carbonyl (C=O) groups excluding carboxylic acids is 1. The molecule has 2 aromatic carbocycles. The lowest BCUT2D eigenvalue weighted by atomic mass is 10.2. The van der Waals surface area contributed by atoms with Gasteiger partial charge in [-0.15, -0.1) is 0 Å². The number of hydrogen-bond acceptors (Lipinski definition) is 4. The number of anilines is 1. The van der Waals surface area contributed by atoms with E-state index in [-0.39, 0.29) is 5.91 Å². The molecule has 8 heteroatoms. The van der Waals surface area contributed by atoms with Crippen LogP contribution in [0.4, 0.5) is 5.13 Å². The van der Waals surface area contributed by atoms with Crippen molar-refractivity contribution in [2.24, 2.45) is 0 Å². The largest absolute Gasteiger partial charge is 0.282 e. The Kier molecular flexibility index (Phi) is 5.95. The molecule has 1 amide bonds. The summed E-state index contributed by atoms with van der Waals surface area (Å²) in [6.45, 7) is 7.01. The second-order valence-electron chi connectivity index (χ2n) is 7.18. The second kappa shape index (κ2) is 8.49. The van der Waals surface area contributed by atoms with Crippen LogP contribution in [0.5, 0.6) is 0 Å². The summed E-state index contributed by atoms with van der Waals surface area (Å²) in [5, 5.41) is 5.85. The highest BCUT2D eigenvalue weighted by molar-refractivity contribution is 9.10. The lowest BCUT2D eigenvalue weighted by Gasteiger charge is -2.20. The van der Waals surface area contributed by atoms with Gasteiger partial charge in [-0.2, -0.15) is 5.10 Å². The van der Waals surface area contributed by atoms with Crippen molar-refractivity contribution in [2.75, 3.05) is 11.4 Å². The molecular formula is C22H20BrClN4OS. The Hall–Kier alpha value is -2.22. The smallest absolute Gasteiger partial charge is 0.260 e. The van der Waals surface area contributed by atoms with E-state index in [1.807, 2.05) is 67.9 Å². The van der Waals surface area contributed by atoms with Crippen molar-refractivity contribution in [1.82, 2.24) is 14.8 Å². The summed E-state index contributed by atoms with van der Waals surface area (Å²) in [5.74, 6) is -0.0909. The first-order valence-electron chi connectivity index (χ1n) is 9.47. The third-order valence-corrected chi connectivity index (χ3v) is 6.62. The molecule has 154 valence electrons. The molecule has 0 spiro atoms. The Morgan fingerprint density at radius 3 is 2.57 bits per heavy atom. The van der Waals surface area contributed by atoms with Crippen LogP contribution < -0.4 is 4.90 Å². The van der Waals surface area contributed by atoms with Gasteiger partial charge in [-0.3, -0.25) is 14.4 Å². The summed E-state index contributed by atoms with van der Waals surface area (Å²) in [5.41, 5.74) is 4.51. The molecule has 0 atom stereocenters. The van der Waals surface area contributed by atoms with E-state index in [9.17, 15) is 4.79 Å². The van der Waals surface area contributed by atoms with Gasteiger partial charge < -0.3 is 0 Å². The van der Waals surface area contributed by atoms with E-state index >= 15 is 0 Å². The van der Waals surface area contributed by atoms with Crippen LogP contribution in [0.25, 0.3) is 10.2 Å². The van der Waals surface area contributed by atoms with E-state index in [4.69, 9.17) is 16.6 Å². The number of nitrogens with zero attached hydrogens (tertiary/aromatic N) is 4. The first kappa shape index (κ1) is 21.0. The number of fused-ring (bicyclic) bond motifs is 1. The SMILES string of the molecule is Cc1cc(C)n(CCN(C(=O)c2ccc(Br)cc2)c2nc3c(C)cc(Cl)cc3s2)n1. The van der Waals surface area contributed by atoms with Crippen molar-refractivity contribution in [1.29, 1.82) is 0 Å². The topological polar surface area (TPSA) is 51.0 Å². The molecular weight excluding hydrogens is 484 g/mol. The highest BCUT2D eigenvalue weighted by Crippen LogP contribution is 2.33. The Balaban J connectivity index is 1.72. The fourth-order valence-corrected chi connectivity index (χ4v) is 5.10. The van der Waals surface area contributed by atoms with Gasteiger partial charge in [-0.05, 0) is 68.8 Å². The number of aryl methyl sites for hydroxylation is 3. The van der Waals surface area contributed by atoms with E-state index in [1.165, 1.54) is 11.3 Å². The van der Waals surface area contributed by atoms with Gasteiger partial charge in [0, 0.05) is 27.3 Å². The number of carbonyl (C=O) groups is 1. The predicted octanol–water partition coefficient (Wildman–Crippen LogP) is 6.18. The molecule has 4 aromatic rings. The minimum absolute atomic E-state index is 0.0909. The Bertz CT molecular complexity index is 1230. The van der Waals surface area contributed by atoms with Crippen LogP contribution in [0.15, 0.2) is 46.9 Å². The number of hydrogen-bond donors (Lipinski definition) is 0. The lowest BCUT2D eigenvalue weighted by Crippen LogP contribution is -2.34. The molecule has 0 aliphatic carbocycles. The predicted molar refractivity (Wildman–Crippen MR) is 127 cm³/mol. The minimum atomic E-state index is -0.0909. The van der Waals surface area contributed by atoms with Gasteiger partial charge in [0.05, 0.1) is 22.5 Å². The van der Waals surface area contributed by atoms with Crippen molar-refractivity contribution >= 4 is 60.1 Å². The summed E-state index contributed by atoms with van der Waals surface area (Å²) in [7, 11) is 0. The van der Waals surface area contributed by atoms with E-state index in [0.717, 1.165) is 31.6 Å². The summed E-state index contributed by atoms with van der Waals surface area (Å²) >= 11 is 11.1. The Morgan fingerprint density at radius 1 is 1.17 bits per heavy atom. The third kappa shape index (κ3) is 4.29. The van der Waals surface area contributed by atoms with E-state index < -0.39 is 0 Å². The van der Waals surface area contributed by atoms with Crippen molar-refractivity contribution in [2.45, 2.75) is 27.3 Å². The number of benzene rings is 2. The van der Waals surface area contributed by atoms with Gasteiger partial charge >= 0.3 is 0 Å². The number of thiazole rings is 1. The van der Waals surface area contributed by atoms with Gasteiger partial charge in [-0.25, -0.2) is 4.98 Å². The Morgan fingerprint density at radius 2 is 1.90 bits per heavy atom. The fourth-order valence-electron chi connectivity index (χ4n) is 3.39. The van der Waals surface area contributed by atoms with Crippen LogP contribution in [0.3, 0.4) is 0 Å². The molecule has 30 heavy (non-hydrogen) atoms. The molecule has 0 radical (unpaired) electrons. The zero-order chi connectivity index (χ0) is 21.4. The maximum atomic E-state index is 13.4. The van der Waals surface area contributed by atoms with Gasteiger partial charge in [0.1, 0.15) is 0 Å². The number of halogens is 2. The first-order chi connectivity index (χ1) is 14.3. The first-order valence-corrected chi connectivity index (χ1v) is 11.5. The molecule has 0 saturated carbocycles. The monoisotopic (exact) mass is 502 g/mol. The van der Waals surface area contributed by atoms with Gasteiger partial charge in [-0.1, -0.05) is 38.9 Å². The molecule has 0 fully saturated rings. The van der Waals surface area contributed by atoms with Crippen LogP contribution in [0.2, 0.25) is 5.02 Å². The summed E-state index contributed by atoms with van der Waals surface area (Å²) in [4.78, 5) is 19.9. The highest BCUT2D eigenvalue weighted by atomic mass is 79.9. The fraction of sp³-hybridized carbons (Fsp3) is 0.227. The normalized spacial score (nSPS) is 11.2. The number of amides is 1. The van der Waals surface area contributed by atoms with Crippen LogP contribution in [0.1, 0.15) is 27.3 Å². The highest BCUT2D eigenvalue weighted by Gasteiger charge is 2.22. The van der Waals surface area contributed by atoms with Crippen molar-refractivity contribution in [3.05, 3.63) is 74.5 Å². The van der Waals surface area contributed by atoms with Crippen LogP contribution in [-0.2, 0) is 6.54 Å². The molecule has 4 rings (SSSR count). The average Bonchev–Trinajstić information content (AvgIpc) is 3.25. The quantitative estimate of drug-likeness (QED) is 0.327. The zero-order valence-electron chi connectivity index (χ0n) is 16.8. The van der Waals surface area contributed by atoms with Crippen molar-refractivity contribution < 1.29 is 4.79 Å². The van der Waals surface area contributed by atoms with Crippen LogP contribution in [-0.4, -0.2) is 27.2 Å². The minimum Gasteiger partial charge on any atom is -0.282 e. The molecule has 2 heterocycles. The molecule has 0 aliphatic rings. The number of rotatable bonds is 5. The summed E-state index contributed by atoms with van der Waals surface area (Å²) < 4.78 is 3.82. The van der Waals surface area contributed by atoms with Gasteiger partial charge in [0.25, 0.3) is 5.91 Å². The maximum Gasteiger partial charge on any atom is 0.260 e. The third-order valence-electron chi connectivity index (χ3n) is 4.84. The molecule has 0 bridgehead atoms. The molecule has 0 N–H and O–H groups in total. The van der Waals surface area contributed by atoms with Crippen LogP contribution in [0, 0.1) is 20.8 Å². The standard InChI is InChI=1S/C22H20BrClN4OS/c1-13-10-18(24)12-19-20(13)25-22(30-19)27(8-9-28-15(3)11-14(2)26-28)21(29)16-4-6-17(23)7-5-16/h4-7,10-12H,8-9H2,1-3H3. The average molecular weight is 504 g/mol. The Labute approximate surface area is 192 Å². The van der Waals surface area contributed by atoms with Crippen LogP contribution >= 0.6 is 38.9 Å². The second-order valence-corrected chi connectivity index (χ2v) is 9.54. The lowest BCUT2D eigenvalue weighted by molar-refractivity contribution is 0.0985. The molecule has 5 nitrogen and oxygen atoms in total. The summed E-state index contributed by atoms with van der Waals surface area (Å²) in [6.07, 6.45) is 0.